The van der Waals surface area contributed by atoms with Crippen molar-refractivity contribution < 1.29 is 9.90 Å². The summed E-state index contributed by atoms with van der Waals surface area (Å²) in [5.41, 5.74) is 17.3. The predicted octanol–water partition coefficient (Wildman–Crippen LogP) is 3.72. The summed E-state index contributed by atoms with van der Waals surface area (Å²) in [6, 6.07) is 17.6. The van der Waals surface area contributed by atoms with Gasteiger partial charge in [0.25, 0.3) is 0 Å². The van der Waals surface area contributed by atoms with Crippen molar-refractivity contribution in [3.8, 4) is 11.1 Å². The van der Waals surface area contributed by atoms with Gasteiger partial charge in [-0.2, -0.15) is 4.98 Å². The van der Waals surface area contributed by atoms with Gasteiger partial charge in [0.05, 0.1) is 5.56 Å². The fraction of sp³-hybridized carbons (Fsp3) is 0.125. The first-order valence-electron chi connectivity index (χ1n) is 10.0. The second kappa shape index (κ2) is 7.28. The van der Waals surface area contributed by atoms with Crippen LogP contribution in [0.25, 0.3) is 21.9 Å². The molecular weight excluding hydrogens is 390 g/mol. The van der Waals surface area contributed by atoms with E-state index in [-0.39, 0.29) is 5.95 Å². The van der Waals surface area contributed by atoms with E-state index >= 15 is 0 Å². The normalized spacial score (nSPS) is 12.8. The Morgan fingerprint density at radius 3 is 2.65 bits per heavy atom. The molecule has 7 nitrogen and oxygen atoms in total. The Kier molecular flexibility index (Phi) is 4.43. The largest absolute Gasteiger partial charge is 0.478 e. The molecule has 0 amide bonds. The molecule has 0 saturated carbocycles. The number of fused-ring (bicyclic) bond motifs is 2. The third kappa shape index (κ3) is 3.30. The van der Waals surface area contributed by atoms with E-state index in [1.54, 1.807) is 12.3 Å². The lowest BCUT2D eigenvalue weighted by atomic mass is 9.94. The molecule has 1 aliphatic heterocycles. The van der Waals surface area contributed by atoms with Crippen LogP contribution in [0.15, 0.2) is 60.8 Å². The lowest BCUT2D eigenvalue weighted by molar-refractivity contribution is 0.0699. The fourth-order valence-corrected chi connectivity index (χ4v) is 4.28. The summed E-state index contributed by atoms with van der Waals surface area (Å²) in [7, 11) is 0. The molecule has 0 radical (unpaired) electrons. The number of nitrogen functional groups attached to an aromatic ring is 2. The van der Waals surface area contributed by atoms with E-state index in [1.165, 1.54) is 5.56 Å². The van der Waals surface area contributed by atoms with Crippen LogP contribution >= 0.6 is 0 Å². The molecule has 1 aliphatic rings. The summed E-state index contributed by atoms with van der Waals surface area (Å²) in [6.07, 6.45) is 2.63. The van der Waals surface area contributed by atoms with Crippen molar-refractivity contribution in [3.05, 3.63) is 77.5 Å². The standard InChI is InChI=1S/C24H21N5O2/c25-22-16(12-27-24(26)28-22)13-29-10-9-14-5-6-15(11-21(14)29)17-7-8-20(23(30)31)19-4-2-1-3-18(17)19/h1-8,11-12H,9-10,13H2,(H,30,31)(H4,25,26,27,28). The molecule has 5 rings (SSSR count). The molecule has 4 aromatic rings. The van der Waals surface area contributed by atoms with Gasteiger partial charge in [-0.25, -0.2) is 9.78 Å². The van der Waals surface area contributed by atoms with E-state index in [0.29, 0.717) is 17.9 Å². The minimum atomic E-state index is -0.925. The molecule has 0 aliphatic carbocycles. The Hall–Kier alpha value is -4.13. The van der Waals surface area contributed by atoms with Crippen LogP contribution in [0.5, 0.6) is 0 Å². The summed E-state index contributed by atoms with van der Waals surface area (Å²) in [5, 5.41) is 11.2. The first-order valence-corrected chi connectivity index (χ1v) is 10.0. The van der Waals surface area contributed by atoms with Crippen LogP contribution in [-0.2, 0) is 13.0 Å². The topological polar surface area (TPSA) is 118 Å². The molecule has 7 heteroatoms. The van der Waals surface area contributed by atoms with E-state index in [4.69, 9.17) is 11.5 Å². The van der Waals surface area contributed by atoms with Crippen molar-refractivity contribution in [2.24, 2.45) is 0 Å². The molecule has 1 aromatic heterocycles. The Bertz CT molecular complexity index is 1340. The molecule has 31 heavy (non-hydrogen) atoms. The van der Waals surface area contributed by atoms with Gasteiger partial charge >= 0.3 is 5.97 Å². The van der Waals surface area contributed by atoms with Gasteiger partial charge in [-0.05, 0) is 46.0 Å². The Balaban J connectivity index is 1.56. The zero-order valence-corrected chi connectivity index (χ0v) is 16.7. The van der Waals surface area contributed by atoms with Gasteiger partial charge in [-0.1, -0.05) is 42.5 Å². The van der Waals surface area contributed by atoms with E-state index < -0.39 is 5.97 Å². The van der Waals surface area contributed by atoms with Crippen molar-refractivity contribution in [1.29, 1.82) is 0 Å². The van der Waals surface area contributed by atoms with Crippen molar-refractivity contribution in [2.75, 3.05) is 22.9 Å². The molecule has 154 valence electrons. The van der Waals surface area contributed by atoms with Gasteiger partial charge in [0, 0.05) is 30.5 Å². The van der Waals surface area contributed by atoms with Crippen LogP contribution in [0, 0.1) is 0 Å². The average molecular weight is 411 g/mol. The number of carboxylic acids is 1. The number of rotatable bonds is 4. The van der Waals surface area contributed by atoms with Crippen molar-refractivity contribution in [1.82, 2.24) is 9.97 Å². The molecule has 5 N–H and O–H groups in total. The van der Waals surface area contributed by atoms with Gasteiger partial charge in [0.1, 0.15) is 5.82 Å². The number of aromatic nitrogens is 2. The lowest BCUT2D eigenvalue weighted by Crippen LogP contribution is -2.21. The zero-order chi connectivity index (χ0) is 21.5. The first kappa shape index (κ1) is 18.9. The van der Waals surface area contributed by atoms with Gasteiger partial charge in [0.2, 0.25) is 5.95 Å². The van der Waals surface area contributed by atoms with Gasteiger partial charge in [-0.15, -0.1) is 0 Å². The highest BCUT2D eigenvalue weighted by Crippen LogP contribution is 2.37. The third-order valence-corrected chi connectivity index (χ3v) is 5.82. The maximum atomic E-state index is 11.6. The van der Waals surface area contributed by atoms with Gasteiger partial charge in [0.15, 0.2) is 0 Å². The SMILES string of the molecule is Nc1ncc(CN2CCc3ccc(-c4ccc(C(=O)O)c5ccccc45)cc32)c(N)n1. The molecule has 0 unspecified atom stereocenters. The van der Waals surface area contributed by atoms with E-state index in [9.17, 15) is 9.90 Å². The van der Waals surface area contributed by atoms with Crippen molar-refractivity contribution >= 4 is 34.2 Å². The van der Waals surface area contributed by atoms with Crippen molar-refractivity contribution in [3.63, 3.8) is 0 Å². The minimum Gasteiger partial charge on any atom is -0.478 e. The number of benzene rings is 3. The quantitative estimate of drug-likeness (QED) is 0.468. The van der Waals surface area contributed by atoms with E-state index in [2.05, 4.69) is 33.1 Å². The van der Waals surface area contributed by atoms with Crippen LogP contribution in [0.2, 0.25) is 0 Å². The number of nitrogens with zero attached hydrogens (tertiary/aromatic N) is 3. The highest BCUT2D eigenvalue weighted by atomic mass is 16.4. The van der Waals surface area contributed by atoms with E-state index in [1.807, 2.05) is 30.3 Å². The molecule has 3 aromatic carbocycles. The van der Waals surface area contributed by atoms with Crippen molar-refractivity contribution in [2.45, 2.75) is 13.0 Å². The Morgan fingerprint density at radius 2 is 1.87 bits per heavy atom. The van der Waals surface area contributed by atoms with Crippen LogP contribution in [0.3, 0.4) is 0 Å². The number of hydrogen-bond donors (Lipinski definition) is 3. The van der Waals surface area contributed by atoms with Crippen LogP contribution in [0.4, 0.5) is 17.5 Å². The molecule has 2 heterocycles. The van der Waals surface area contributed by atoms with Crippen LogP contribution in [-0.4, -0.2) is 27.6 Å². The number of carboxylic acid groups (broad SMARTS) is 1. The summed E-state index contributed by atoms with van der Waals surface area (Å²) in [4.78, 5) is 22.0. The molecule has 0 saturated heterocycles. The Morgan fingerprint density at radius 1 is 1.06 bits per heavy atom. The van der Waals surface area contributed by atoms with Gasteiger partial charge in [-0.3, -0.25) is 0 Å². The lowest BCUT2D eigenvalue weighted by Gasteiger charge is -2.21. The zero-order valence-electron chi connectivity index (χ0n) is 16.7. The fourth-order valence-electron chi connectivity index (χ4n) is 4.28. The first-order chi connectivity index (χ1) is 15.0. The number of nitrogens with two attached hydrogens (primary N) is 2. The molecular formula is C24H21N5O2. The number of carbonyl (C=O) groups is 1. The summed E-state index contributed by atoms with van der Waals surface area (Å²) in [5.74, 6) is -0.361. The summed E-state index contributed by atoms with van der Waals surface area (Å²) in [6.45, 7) is 1.47. The number of aromatic carboxylic acids is 1. The molecule has 0 spiro atoms. The summed E-state index contributed by atoms with van der Waals surface area (Å²) < 4.78 is 0. The van der Waals surface area contributed by atoms with Gasteiger partial charge < -0.3 is 21.5 Å². The molecule has 0 bridgehead atoms. The highest BCUT2D eigenvalue weighted by Gasteiger charge is 2.22. The maximum absolute atomic E-state index is 11.6. The monoisotopic (exact) mass is 411 g/mol. The summed E-state index contributed by atoms with van der Waals surface area (Å²) >= 11 is 0. The smallest absolute Gasteiger partial charge is 0.336 e. The highest BCUT2D eigenvalue weighted by molar-refractivity contribution is 6.08. The average Bonchev–Trinajstić information content (AvgIpc) is 3.16. The molecule has 0 atom stereocenters. The third-order valence-electron chi connectivity index (χ3n) is 5.82. The van der Waals surface area contributed by atoms with Crippen LogP contribution in [0.1, 0.15) is 21.5 Å². The molecule has 0 fully saturated rings. The predicted molar refractivity (Wildman–Crippen MR) is 122 cm³/mol. The minimum absolute atomic E-state index is 0.169. The van der Waals surface area contributed by atoms with E-state index in [0.717, 1.165) is 46.1 Å². The number of hydrogen-bond acceptors (Lipinski definition) is 6. The number of anilines is 3. The Labute approximate surface area is 179 Å². The van der Waals surface area contributed by atoms with Crippen LogP contribution < -0.4 is 16.4 Å². The maximum Gasteiger partial charge on any atom is 0.336 e. The second-order valence-corrected chi connectivity index (χ2v) is 7.67. The second-order valence-electron chi connectivity index (χ2n) is 7.67.